The number of aliphatic imine (C=N–C) groups is 1. The molecule has 2 aliphatic heterocycles. The van der Waals surface area contributed by atoms with Crippen LogP contribution in [0, 0.1) is 5.92 Å². The lowest BCUT2D eigenvalue weighted by Crippen LogP contribution is -2.37. The summed E-state index contributed by atoms with van der Waals surface area (Å²) in [6, 6.07) is 7.23. The van der Waals surface area contributed by atoms with Gasteiger partial charge in [0, 0.05) is 16.9 Å². The molecule has 1 aromatic rings. The number of hydrogen-bond donors (Lipinski definition) is 0. The van der Waals surface area contributed by atoms with Crippen LogP contribution >= 0.6 is 11.8 Å². The number of amidine groups is 1. The molecule has 0 spiro atoms. The second kappa shape index (κ2) is 7.60. The van der Waals surface area contributed by atoms with Crippen molar-refractivity contribution in [2.75, 3.05) is 23.5 Å². The van der Waals surface area contributed by atoms with Gasteiger partial charge < -0.3 is 9.64 Å². The number of carbonyl (C=O) groups is 1. The smallest absolute Gasteiger partial charge is 0.251 e. The number of methoxy groups -OCH3 is 1. The second-order valence-corrected chi connectivity index (χ2v) is 9.97. The van der Waals surface area contributed by atoms with Crippen molar-refractivity contribution in [1.29, 1.82) is 0 Å². The molecule has 3 rings (SSSR count). The quantitative estimate of drug-likeness (QED) is 0.762. The number of thioether (sulfide) groups is 1. The Bertz CT molecular complexity index is 801. The number of nitrogens with zero attached hydrogens (tertiary/aromatic N) is 2. The van der Waals surface area contributed by atoms with Crippen LogP contribution in [0.1, 0.15) is 26.7 Å². The number of ether oxygens (including phenoxy) is 1. The maximum atomic E-state index is 12.5. The summed E-state index contributed by atoms with van der Waals surface area (Å²) in [6.45, 7) is 3.97. The fourth-order valence-electron chi connectivity index (χ4n) is 3.43. The summed E-state index contributed by atoms with van der Waals surface area (Å²) in [7, 11) is -1.47. The highest BCUT2D eigenvalue weighted by molar-refractivity contribution is 8.16. The predicted molar refractivity (Wildman–Crippen MR) is 106 cm³/mol. The van der Waals surface area contributed by atoms with Crippen LogP contribution in [0.25, 0.3) is 0 Å². The van der Waals surface area contributed by atoms with E-state index in [1.54, 1.807) is 7.11 Å². The van der Waals surface area contributed by atoms with Crippen LogP contribution in [0.4, 0.5) is 5.69 Å². The van der Waals surface area contributed by atoms with Crippen molar-refractivity contribution < 1.29 is 17.9 Å². The van der Waals surface area contributed by atoms with Crippen LogP contribution in [-0.2, 0) is 14.6 Å². The Morgan fingerprint density at radius 2 is 1.92 bits per heavy atom. The average Bonchev–Trinajstić information content (AvgIpc) is 3.07. The van der Waals surface area contributed by atoms with Gasteiger partial charge in [0.05, 0.1) is 24.7 Å². The molecule has 142 valence electrons. The SMILES string of the molecule is CCC(CC)C(=O)N=C1S[C@H]2CS(=O)(=O)C[C@H]2N1c1ccc(OC)cc1. The Balaban J connectivity index is 1.96. The van der Waals surface area contributed by atoms with E-state index in [9.17, 15) is 13.2 Å². The minimum absolute atomic E-state index is 0.0876. The van der Waals surface area contributed by atoms with E-state index in [0.29, 0.717) is 5.17 Å². The fraction of sp³-hybridized carbons (Fsp3) is 0.556. The number of sulfone groups is 1. The summed E-state index contributed by atoms with van der Waals surface area (Å²) in [5.41, 5.74) is 0.832. The lowest BCUT2D eigenvalue weighted by molar-refractivity contribution is -0.121. The molecule has 0 bridgehead atoms. The molecule has 26 heavy (non-hydrogen) atoms. The van der Waals surface area contributed by atoms with Crippen molar-refractivity contribution in [2.24, 2.45) is 10.9 Å². The molecule has 8 heteroatoms. The highest BCUT2D eigenvalue weighted by Gasteiger charge is 2.49. The molecular weight excluding hydrogens is 372 g/mol. The van der Waals surface area contributed by atoms with E-state index >= 15 is 0 Å². The zero-order valence-electron chi connectivity index (χ0n) is 15.2. The van der Waals surface area contributed by atoms with Crippen molar-refractivity contribution >= 4 is 38.4 Å². The molecule has 2 aliphatic rings. The zero-order chi connectivity index (χ0) is 18.9. The van der Waals surface area contributed by atoms with Gasteiger partial charge in [0.1, 0.15) is 5.75 Å². The topological polar surface area (TPSA) is 76.0 Å². The van der Waals surface area contributed by atoms with Gasteiger partial charge in [-0.3, -0.25) is 4.79 Å². The van der Waals surface area contributed by atoms with Crippen LogP contribution in [0.2, 0.25) is 0 Å². The van der Waals surface area contributed by atoms with Gasteiger partial charge in [-0.05, 0) is 37.1 Å². The van der Waals surface area contributed by atoms with E-state index in [1.165, 1.54) is 11.8 Å². The first-order chi connectivity index (χ1) is 12.4. The summed E-state index contributed by atoms with van der Waals surface area (Å²) in [5.74, 6) is 0.730. The van der Waals surface area contributed by atoms with Gasteiger partial charge in [-0.1, -0.05) is 25.6 Å². The third kappa shape index (κ3) is 3.76. The number of rotatable bonds is 5. The van der Waals surface area contributed by atoms with Gasteiger partial charge >= 0.3 is 0 Å². The normalized spacial score (nSPS) is 25.7. The Hall–Kier alpha value is -1.54. The molecule has 1 aromatic carbocycles. The van der Waals surface area contributed by atoms with Crippen molar-refractivity contribution in [2.45, 2.75) is 38.0 Å². The van der Waals surface area contributed by atoms with Crippen LogP contribution in [0.3, 0.4) is 0 Å². The molecule has 0 aromatic heterocycles. The number of anilines is 1. The Morgan fingerprint density at radius 1 is 1.27 bits per heavy atom. The minimum Gasteiger partial charge on any atom is -0.497 e. The highest BCUT2D eigenvalue weighted by atomic mass is 32.2. The van der Waals surface area contributed by atoms with Crippen LogP contribution in [0.15, 0.2) is 29.3 Å². The number of benzene rings is 1. The lowest BCUT2D eigenvalue weighted by atomic mass is 10.0. The molecule has 2 atom stereocenters. The molecule has 1 amide bonds. The number of amides is 1. The van der Waals surface area contributed by atoms with Crippen molar-refractivity contribution in [3.8, 4) is 5.75 Å². The van der Waals surface area contributed by atoms with Gasteiger partial charge in [0.2, 0.25) is 0 Å². The van der Waals surface area contributed by atoms with E-state index in [4.69, 9.17) is 4.74 Å². The van der Waals surface area contributed by atoms with Crippen molar-refractivity contribution in [1.82, 2.24) is 0 Å². The summed E-state index contributed by atoms with van der Waals surface area (Å²) in [6.07, 6.45) is 1.50. The van der Waals surface area contributed by atoms with E-state index < -0.39 is 9.84 Å². The van der Waals surface area contributed by atoms with Gasteiger partial charge in [0.15, 0.2) is 15.0 Å². The molecule has 6 nitrogen and oxygen atoms in total. The highest BCUT2D eigenvalue weighted by Crippen LogP contribution is 2.41. The first-order valence-corrected chi connectivity index (χ1v) is 11.5. The molecule has 2 fully saturated rings. The van der Waals surface area contributed by atoms with Gasteiger partial charge in [0.25, 0.3) is 5.91 Å². The second-order valence-electron chi connectivity index (χ2n) is 6.61. The molecule has 2 heterocycles. The van der Waals surface area contributed by atoms with Gasteiger partial charge in [-0.2, -0.15) is 4.99 Å². The third-order valence-corrected chi connectivity index (χ3v) is 8.17. The van der Waals surface area contributed by atoms with E-state index in [0.717, 1.165) is 24.3 Å². The summed E-state index contributed by atoms with van der Waals surface area (Å²) in [5, 5.41) is 0.521. The summed E-state index contributed by atoms with van der Waals surface area (Å²) >= 11 is 1.41. The number of hydrogen-bond acceptors (Lipinski definition) is 5. The fourth-order valence-corrected chi connectivity index (χ4v) is 7.35. The number of fused-ring (bicyclic) bond motifs is 1. The molecule has 0 N–H and O–H groups in total. The van der Waals surface area contributed by atoms with E-state index in [2.05, 4.69) is 4.99 Å². The molecule has 2 saturated heterocycles. The molecule has 0 unspecified atom stereocenters. The maximum Gasteiger partial charge on any atom is 0.251 e. The molecular formula is C18H24N2O4S2. The van der Waals surface area contributed by atoms with Crippen LogP contribution in [-0.4, -0.2) is 49.4 Å². The first kappa shape index (κ1) is 19.2. The average molecular weight is 397 g/mol. The molecule has 0 saturated carbocycles. The van der Waals surface area contributed by atoms with E-state index in [-0.39, 0.29) is 34.6 Å². The Labute approximate surface area is 158 Å². The Morgan fingerprint density at radius 3 is 2.50 bits per heavy atom. The largest absolute Gasteiger partial charge is 0.497 e. The predicted octanol–water partition coefficient (Wildman–Crippen LogP) is 2.73. The van der Waals surface area contributed by atoms with Crippen molar-refractivity contribution in [3.05, 3.63) is 24.3 Å². The van der Waals surface area contributed by atoms with Crippen molar-refractivity contribution in [3.63, 3.8) is 0 Å². The van der Waals surface area contributed by atoms with Crippen LogP contribution < -0.4 is 9.64 Å². The summed E-state index contributed by atoms with van der Waals surface area (Å²) < 4.78 is 29.4. The van der Waals surface area contributed by atoms with E-state index in [1.807, 2.05) is 43.0 Å². The Kier molecular flexibility index (Phi) is 5.62. The molecule has 0 aliphatic carbocycles. The van der Waals surface area contributed by atoms with Crippen LogP contribution in [0.5, 0.6) is 5.75 Å². The maximum absolute atomic E-state index is 12.5. The monoisotopic (exact) mass is 396 g/mol. The minimum atomic E-state index is -3.06. The van der Waals surface area contributed by atoms with Gasteiger partial charge in [-0.25, -0.2) is 8.42 Å². The zero-order valence-corrected chi connectivity index (χ0v) is 16.8. The lowest BCUT2D eigenvalue weighted by Gasteiger charge is -2.25. The number of carbonyl (C=O) groups excluding carboxylic acids is 1. The summed E-state index contributed by atoms with van der Waals surface area (Å²) in [4.78, 5) is 18.8. The first-order valence-electron chi connectivity index (χ1n) is 8.81. The van der Waals surface area contributed by atoms with Gasteiger partial charge in [-0.15, -0.1) is 0 Å². The third-order valence-electron chi connectivity index (χ3n) is 4.96. The molecule has 0 radical (unpaired) electrons. The standard InChI is InChI=1S/C18H24N2O4S2/c1-4-12(5-2)17(21)19-18-20(13-6-8-14(24-3)9-7-13)15-10-26(22,23)11-16(15)25-18/h6-9,12,15-16H,4-5,10-11H2,1-3H3/t15-,16+/m1/s1.